The van der Waals surface area contributed by atoms with Gasteiger partial charge in [0.05, 0.1) is 12.0 Å². The SMILES string of the molecule is CCOC(=O)[C@]1(C)CC[C@@H](c2cc(C)nc(SC)n2)C1. The Kier molecular flexibility index (Phi) is 4.68. The third-order valence-corrected chi connectivity index (χ3v) is 4.51. The van der Waals surface area contributed by atoms with Crippen molar-refractivity contribution in [3.05, 3.63) is 17.5 Å². The van der Waals surface area contributed by atoms with Crippen LogP contribution in [0.1, 0.15) is 50.4 Å². The normalized spacial score (nSPS) is 25.7. The van der Waals surface area contributed by atoms with Crippen LogP contribution in [0.3, 0.4) is 0 Å². The Bertz CT molecular complexity index is 507. The van der Waals surface area contributed by atoms with Crippen LogP contribution in [0.4, 0.5) is 0 Å². The predicted molar refractivity (Wildman–Crippen MR) is 79.9 cm³/mol. The van der Waals surface area contributed by atoms with Gasteiger partial charge in [0.1, 0.15) is 0 Å². The number of thioether (sulfide) groups is 1. The topological polar surface area (TPSA) is 52.1 Å². The van der Waals surface area contributed by atoms with Gasteiger partial charge in [-0.05, 0) is 52.4 Å². The molecule has 0 spiro atoms. The number of carbonyl (C=O) groups is 1. The smallest absolute Gasteiger partial charge is 0.311 e. The van der Waals surface area contributed by atoms with Gasteiger partial charge in [-0.1, -0.05) is 11.8 Å². The quantitative estimate of drug-likeness (QED) is 0.484. The largest absolute Gasteiger partial charge is 0.466 e. The third kappa shape index (κ3) is 3.14. The second-order valence-corrected chi connectivity index (χ2v) is 6.42. The number of carbonyl (C=O) groups excluding carboxylic acids is 1. The molecule has 0 saturated heterocycles. The van der Waals surface area contributed by atoms with Gasteiger partial charge in [0.2, 0.25) is 0 Å². The Balaban J connectivity index is 2.17. The zero-order valence-corrected chi connectivity index (χ0v) is 13.4. The zero-order chi connectivity index (χ0) is 14.8. The molecule has 2 rings (SSSR count). The van der Waals surface area contributed by atoms with E-state index in [2.05, 4.69) is 9.97 Å². The first-order chi connectivity index (χ1) is 9.48. The predicted octanol–water partition coefficient (Wildman–Crippen LogP) is 3.34. The standard InChI is InChI=1S/C15H22N2O2S/c1-5-19-13(18)15(3)7-6-11(9-15)12-8-10(2)16-14(17-12)20-4/h8,11H,5-7,9H2,1-4H3/t11-,15-/m1/s1. The highest BCUT2D eigenvalue weighted by Gasteiger charge is 2.43. The van der Waals surface area contributed by atoms with E-state index in [1.165, 1.54) is 0 Å². The van der Waals surface area contributed by atoms with Gasteiger partial charge in [0.15, 0.2) is 5.16 Å². The molecule has 1 saturated carbocycles. The number of nitrogens with zero attached hydrogens (tertiary/aromatic N) is 2. The van der Waals surface area contributed by atoms with E-state index in [0.29, 0.717) is 12.5 Å². The molecule has 0 radical (unpaired) electrons. The number of rotatable bonds is 4. The zero-order valence-electron chi connectivity index (χ0n) is 12.6. The van der Waals surface area contributed by atoms with E-state index in [0.717, 1.165) is 35.8 Å². The van der Waals surface area contributed by atoms with Gasteiger partial charge in [-0.2, -0.15) is 0 Å². The Labute approximate surface area is 124 Å². The van der Waals surface area contributed by atoms with E-state index in [1.807, 2.05) is 33.1 Å². The summed E-state index contributed by atoms with van der Waals surface area (Å²) in [7, 11) is 0. The monoisotopic (exact) mass is 294 g/mol. The van der Waals surface area contributed by atoms with E-state index >= 15 is 0 Å². The third-order valence-electron chi connectivity index (χ3n) is 3.96. The number of esters is 1. The van der Waals surface area contributed by atoms with Crippen molar-refractivity contribution in [1.29, 1.82) is 0 Å². The van der Waals surface area contributed by atoms with Gasteiger partial charge in [-0.25, -0.2) is 9.97 Å². The van der Waals surface area contributed by atoms with E-state index in [1.54, 1.807) is 11.8 Å². The molecule has 0 N–H and O–H groups in total. The number of hydrogen-bond donors (Lipinski definition) is 0. The van der Waals surface area contributed by atoms with E-state index in [9.17, 15) is 4.79 Å². The number of aryl methyl sites for hydroxylation is 1. The molecule has 4 nitrogen and oxygen atoms in total. The lowest BCUT2D eigenvalue weighted by Crippen LogP contribution is -2.27. The van der Waals surface area contributed by atoms with Crippen molar-refractivity contribution in [3.8, 4) is 0 Å². The highest BCUT2D eigenvalue weighted by Crippen LogP contribution is 2.46. The van der Waals surface area contributed by atoms with Crippen molar-refractivity contribution >= 4 is 17.7 Å². The van der Waals surface area contributed by atoms with Crippen molar-refractivity contribution in [1.82, 2.24) is 9.97 Å². The van der Waals surface area contributed by atoms with Gasteiger partial charge >= 0.3 is 5.97 Å². The molecule has 1 aromatic rings. The van der Waals surface area contributed by atoms with Gasteiger partial charge in [0.25, 0.3) is 0 Å². The molecule has 0 bridgehead atoms. The molecule has 1 heterocycles. The summed E-state index contributed by atoms with van der Waals surface area (Å²) in [4.78, 5) is 21.1. The molecular weight excluding hydrogens is 272 g/mol. The molecule has 1 aliphatic carbocycles. The molecule has 2 atom stereocenters. The second-order valence-electron chi connectivity index (χ2n) is 5.64. The summed E-state index contributed by atoms with van der Waals surface area (Å²) in [6.07, 6.45) is 4.65. The Morgan fingerprint density at radius 3 is 2.95 bits per heavy atom. The minimum absolute atomic E-state index is 0.0710. The maximum atomic E-state index is 12.1. The molecule has 5 heteroatoms. The molecule has 0 unspecified atom stereocenters. The van der Waals surface area contributed by atoms with Crippen molar-refractivity contribution in [2.24, 2.45) is 5.41 Å². The second kappa shape index (κ2) is 6.12. The molecule has 1 aromatic heterocycles. The minimum atomic E-state index is -0.362. The Morgan fingerprint density at radius 2 is 2.30 bits per heavy atom. The summed E-state index contributed by atoms with van der Waals surface area (Å²) in [6, 6.07) is 2.04. The van der Waals surface area contributed by atoms with Crippen LogP contribution in [0.5, 0.6) is 0 Å². The first kappa shape index (κ1) is 15.3. The molecule has 20 heavy (non-hydrogen) atoms. The number of hydrogen-bond acceptors (Lipinski definition) is 5. The summed E-state index contributed by atoms with van der Waals surface area (Å²) in [5.74, 6) is 0.260. The Hall–Kier alpha value is -1.10. The molecule has 110 valence electrons. The minimum Gasteiger partial charge on any atom is -0.466 e. The van der Waals surface area contributed by atoms with Gasteiger partial charge < -0.3 is 4.74 Å². The molecular formula is C15H22N2O2S. The average Bonchev–Trinajstić information content (AvgIpc) is 2.82. The van der Waals surface area contributed by atoms with Gasteiger partial charge in [0, 0.05) is 17.3 Å². The van der Waals surface area contributed by atoms with Crippen molar-refractivity contribution in [3.63, 3.8) is 0 Å². The molecule has 0 amide bonds. The lowest BCUT2D eigenvalue weighted by molar-refractivity contribution is -0.154. The summed E-state index contributed by atoms with van der Waals surface area (Å²) in [5, 5.41) is 0.810. The maximum absolute atomic E-state index is 12.1. The summed E-state index contributed by atoms with van der Waals surface area (Å²) >= 11 is 1.56. The highest BCUT2D eigenvalue weighted by atomic mass is 32.2. The van der Waals surface area contributed by atoms with E-state index < -0.39 is 0 Å². The van der Waals surface area contributed by atoms with Crippen molar-refractivity contribution in [2.75, 3.05) is 12.9 Å². The summed E-state index contributed by atoms with van der Waals surface area (Å²) in [5.41, 5.74) is 1.69. The first-order valence-corrected chi connectivity index (χ1v) is 8.28. The first-order valence-electron chi connectivity index (χ1n) is 7.05. The maximum Gasteiger partial charge on any atom is 0.311 e. The van der Waals surface area contributed by atoms with Gasteiger partial charge in [-0.3, -0.25) is 4.79 Å². The van der Waals surface area contributed by atoms with Crippen LogP contribution in [0.2, 0.25) is 0 Å². The van der Waals surface area contributed by atoms with Gasteiger partial charge in [-0.15, -0.1) is 0 Å². The molecule has 1 fully saturated rings. The lowest BCUT2D eigenvalue weighted by Gasteiger charge is -2.21. The van der Waals surface area contributed by atoms with E-state index in [4.69, 9.17) is 4.74 Å². The molecule has 0 aromatic carbocycles. The lowest BCUT2D eigenvalue weighted by atomic mass is 9.87. The molecule has 1 aliphatic rings. The number of aromatic nitrogens is 2. The Morgan fingerprint density at radius 1 is 1.55 bits per heavy atom. The van der Waals surface area contributed by atoms with Crippen LogP contribution in [-0.4, -0.2) is 28.8 Å². The van der Waals surface area contributed by atoms with Crippen molar-refractivity contribution < 1.29 is 9.53 Å². The summed E-state index contributed by atoms with van der Waals surface area (Å²) in [6.45, 7) is 6.30. The van der Waals surface area contributed by atoms with Crippen LogP contribution in [-0.2, 0) is 9.53 Å². The number of ether oxygens (including phenoxy) is 1. The van der Waals surface area contributed by atoms with Crippen LogP contribution in [0, 0.1) is 12.3 Å². The van der Waals surface area contributed by atoms with Crippen LogP contribution in [0.25, 0.3) is 0 Å². The fraction of sp³-hybridized carbons (Fsp3) is 0.667. The van der Waals surface area contributed by atoms with Crippen LogP contribution >= 0.6 is 11.8 Å². The summed E-state index contributed by atoms with van der Waals surface area (Å²) < 4.78 is 5.21. The highest BCUT2D eigenvalue weighted by molar-refractivity contribution is 7.98. The fourth-order valence-electron chi connectivity index (χ4n) is 2.85. The molecule has 0 aliphatic heterocycles. The van der Waals surface area contributed by atoms with Crippen LogP contribution < -0.4 is 0 Å². The van der Waals surface area contributed by atoms with Crippen molar-refractivity contribution in [2.45, 2.75) is 51.1 Å². The average molecular weight is 294 g/mol. The fourth-order valence-corrected chi connectivity index (χ4v) is 3.28. The van der Waals surface area contributed by atoms with E-state index in [-0.39, 0.29) is 11.4 Å². The van der Waals surface area contributed by atoms with Crippen LogP contribution in [0.15, 0.2) is 11.2 Å².